The number of amides is 1. The minimum absolute atomic E-state index is 0.117. The summed E-state index contributed by atoms with van der Waals surface area (Å²) in [6.07, 6.45) is 24.9. The first-order valence-electron chi connectivity index (χ1n) is 29.1. The first kappa shape index (κ1) is 65.6. The Hall–Kier alpha value is -4.67. The second-order valence-electron chi connectivity index (χ2n) is 20.5. The van der Waals surface area contributed by atoms with Gasteiger partial charge in [0.15, 0.2) is 18.3 Å². The second kappa shape index (κ2) is 41.4. The van der Waals surface area contributed by atoms with Gasteiger partial charge in [-0.25, -0.2) is 9.59 Å². The van der Waals surface area contributed by atoms with Crippen LogP contribution in [-0.4, -0.2) is 113 Å². The number of nitrogens with one attached hydrogen (secondary N) is 1. The van der Waals surface area contributed by atoms with E-state index in [9.17, 15) is 44.4 Å². The molecule has 0 spiro atoms. The van der Waals surface area contributed by atoms with Gasteiger partial charge >= 0.3 is 23.9 Å². The van der Waals surface area contributed by atoms with Gasteiger partial charge in [-0.05, 0) is 68.9 Å². The fourth-order valence-corrected chi connectivity index (χ4v) is 9.45. The van der Waals surface area contributed by atoms with E-state index in [1.807, 2.05) is 6.08 Å². The van der Waals surface area contributed by atoms with Crippen molar-refractivity contribution in [2.24, 2.45) is 5.92 Å². The predicted molar refractivity (Wildman–Crippen MR) is 294 cm³/mol. The Morgan fingerprint density at radius 1 is 0.605 bits per heavy atom. The number of ether oxygens (including phenoxy) is 5. The van der Waals surface area contributed by atoms with Crippen molar-refractivity contribution in [1.82, 2.24) is 5.32 Å². The number of carbonyl (C=O) groups excluding carboxylic acids is 3. The lowest BCUT2D eigenvalue weighted by atomic mass is 9.98. The van der Waals surface area contributed by atoms with E-state index in [2.05, 4.69) is 19.2 Å². The standard InChI is InChI=1S/C61H95NO14/c1-3-5-7-9-11-13-15-17-19-21-23-25-33-42-51(74-59(70)47-37-29-27-30-38-47)50(62-53(64)43-34-26-24-22-20-18-16-14-12-10-8-6-4-2)46-73-61-56(72-44-36-35-41-49(57(66)67)58(68)69)55(54(65)52(45-63)75-61)76-60(71)48-39-31-28-32-40-48/h27-33,37-40,42,49-52,54-56,61,63,65H,3-26,34-36,41,43-46H2,1-2H3,(H,62,64)(H,66,67)(H,68,69)/b42-33+/t50-,51+,52+,54-,55-,56+,61+/m0/s1. The number of rotatable bonds is 45. The summed E-state index contributed by atoms with van der Waals surface area (Å²) in [5, 5.41) is 43.8. The van der Waals surface area contributed by atoms with E-state index in [0.29, 0.717) is 18.4 Å². The molecule has 2 aromatic rings. The zero-order valence-corrected chi connectivity index (χ0v) is 46.0. The molecule has 3 rings (SSSR count). The molecular formula is C61H95NO14. The zero-order chi connectivity index (χ0) is 55.0. The van der Waals surface area contributed by atoms with Crippen LogP contribution in [0.4, 0.5) is 0 Å². The lowest BCUT2D eigenvalue weighted by Gasteiger charge is -2.43. The van der Waals surface area contributed by atoms with Crippen LogP contribution in [0.2, 0.25) is 0 Å². The van der Waals surface area contributed by atoms with E-state index < -0.39 is 79.3 Å². The van der Waals surface area contributed by atoms with Gasteiger partial charge in [0.25, 0.3) is 0 Å². The topological polar surface area (TPSA) is 224 Å². The normalized spacial score (nSPS) is 18.4. The van der Waals surface area contributed by atoms with Gasteiger partial charge in [0.1, 0.15) is 24.4 Å². The Morgan fingerprint density at radius 2 is 1.09 bits per heavy atom. The van der Waals surface area contributed by atoms with Crippen LogP contribution in [0.25, 0.3) is 0 Å². The summed E-state index contributed by atoms with van der Waals surface area (Å²) in [6.45, 7) is 3.33. The van der Waals surface area contributed by atoms with E-state index in [1.54, 1.807) is 54.6 Å². The number of carbonyl (C=O) groups is 5. The summed E-state index contributed by atoms with van der Waals surface area (Å²) in [5.74, 6) is -6.22. The monoisotopic (exact) mass is 1070 g/mol. The molecule has 0 unspecified atom stereocenters. The molecule has 1 fully saturated rings. The minimum atomic E-state index is -1.62. The molecule has 5 N–H and O–H groups in total. The average Bonchev–Trinajstić information content (AvgIpc) is 3.42. The van der Waals surface area contributed by atoms with Gasteiger partial charge in [0.2, 0.25) is 5.91 Å². The Morgan fingerprint density at radius 3 is 1.59 bits per heavy atom. The quantitative estimate of drug-likeness (QED) is 0.0180. The summed E-state index contributed by atoms with van der Waals surface area (Å²) >= 11 is 0. The number of aliphatic carboxylic acids is 2. The molecule has 0 bridgehead atoms. The highest BCUT2D eigenvalue weighted by atomic mass is 16.7. The van der Waals surface area contributed by atoms with Crippen LogP contribution in [0, 0.1) is 5.92 Å². The number of hydrogen-bond acceptors (Lipinski definition) is 12. The van der Waals surface area contributed by atoms with Crippen molar-refractivity contribution in [2.45, 2.75) is 243 Å². The summed E-state index contributed by atoms with van der Waals surface area (Å²) in [6, 6.07) is 15.7. The number of unbranched alkanes of at least 4 members (excludes halogenated alkanes) is 24. The Balaban J connectivity index is 1.84. The number of aliphatic hydroxyl groups excluding tert-OH is 2. The van der Waals surface area contributed by atoms with Gasteiger partial charge in [-0.15, -0.1) is 0 Å². The number of carboxylic acid groups (broad SMARTS) is 2. The van der Waals surface area contributed by atoms with E-state index >= 15 is 0 Å². The molecule has 1 saturated heterocycles. The highest BCUT2D eigenvalue weighted by Gasteiger charge is 2.49. The molecule has 0 aromatic heterocycles. The summed E-state index contributed by atoms with van der Waals surface area (Å²) in [7, 11) is 0. The second-order valence-corrected chi connectivity index (χ2v) is 20.5. The molecular weight excluding hydrogens is 971 g/mol. The lowest BCUT2D eigenvalue weighted by Crippen LogP contribution is -2.62. The van der Waals surface area contributed by atoms with Crippen LogP contribution in [0.15, 0.2) is 72.8 Å². The van der Waals surface area contributed by atoms with Crippen molar-refractivity contribution in [1.29, 1.82) is 0 Å². The number of carboxylic acids is 2. The van der Waals surface area contributed by atoms with E-state index in [1.165, 1.54) is 121 Å². The SMILES string of the molecule is CCCCCCCCCCCCC/C=C/[C@@H](OC(=O)c1ccccc1)[C@H](CO[C@@H]1O[C@H](CO)[C@H](O)[C@H](OC(=O)c2ccccc2)[C@H]1OCCCCC(C(=O)O)C(=O)O)NC(=O)CCCCCCCCCCCCCCC. The largest absolute Gasteiger partial charge is 0.481 e. The maximum Gasteiger partial charge on any atom is 0.338 e. The fourth-order valence-electron chi connectivity index (χ4n) is 9.45. The van der Waals surface area contributed by atoms with Crippen molar-refractivity contribution in [2.75, 3.05) is 19.8 Å². The van der Waals surface area contributed by atoms with Crippen LogP contribution in [0.3, 0.4) is 0 Å². The number of benzene rings is 2. The van der Waals surface area contributed by atoms with E-state index in [4.69, 9.17) is 23.7 Å². The summed E-state index contributed by atoms with van der Waals surface area (Å²) in [5.41, 5.74) is 0.495. The van der Waals surface area contributed by atoms with Crippen molar-refractivity contribution in [3.8, 4) is 0 Å². The van der Waals surface area contributed by atoms with Crippen molar-refractivity contribution < 1.29 is 68.1 Å². The highest BCUT2D eigenvalue weighted by Crippen LogP contribution is 2.29. The molecule has 15 nitrogen and oxygen atoms in total. The Bertz CT molecular complexity index is 1870. The fraction of sp³-hybridized carbons (Fsp3) is 0.689. The molecule has 2 aromatic carbocycles. The maximum absolute atomic E-state index is 13.9. The van der Waals surface area contributed by atoms with Gasteiger partial charge in [-0.3, -0.25) is 14.4 Å². The van der Waals surface area contributed by atoms with Crippen LogP contribution in [-0.2, 0) is 38.1 Å². The van der Waals surface area contributed by atoms with Crippen LogP contribution in [0.1, 0.15) is 221 Å². The molecule has 76 heavy (non-hydrogen) atoms. The highest BCUT2D eigenvalue weighted by molar-refractivity contribution is 5.92. The number of esters is 2. The van der Waals surface area contributed by atoms with Gasteiger partial charge in [-0.2, -0.15) is 0 Å². The first-order valence-corrected chi connectivity index (χ1v) is 29.1. The van der Waals surface area contributed by atoms with Gasteiger partial charge in [0.05, 0.1) is 30.4 Å². The molecule has 0 saturated carbocycles. The maximum atomic E-state index is 13.9. The molecule has 7 atom stereocenters. The third-order valence-electron chi connectivity index (χ3n) is 14.1. The Labute approximate surface area is 454 Å². The van der Waals surface area contributed by atoms with E-state index in [0.717, 1.165) is 38.5 Å². The van der Waals surface area contributed by atoms with E-state index in [-0.39, 0.29) is 50.4 Å². The predicted octanol–water partition coefficient (Wildman–Crippen LogP) is 12.1. The number of aliphatic hydroxyl groups is 2. The van der Waals surface area contributed by atoms with Gasteiger partial charge in [0, 0.05) is 13.0 Å². The molecule has 1 heterocycles. The van der Waals surface area contributed by atoms with Gasteiger partial charge < -0.3 is 49.4 Å². The third kappa shape index (κ3) is 27.6. The minimum Gasteiger partial charge on any atom is -0.481 e. The molecule has 15 heteroatoms. The van der Waals surface area contributed by atoms with Crippen molar-refractivity contribution in [3.05, 3.63) is 83.9 Å². The molecule has 1 amide bonds. The van der Waals surface area contributed by atoms with Crippen LogP contribution in [0.5, 0.6) is 0 Å². The third-order valence-corrected chi connectivity index (χ3v) is 14.1. The summed E-state index contributed by atoms with van der Waals surface area (Å²) in [4.78, 5) is 64.3. The molecule has 0 radical (unpaired) electrons. The van der Waals surface area contributed by atoms with Gasteiger partial charge in [-0.1, -0.05) is 198 Å². The molecule has 1 aliphatic heterocycles. The first-order chi connectivity index (χ1) is 37.0. The summed E-state index contributed by atoms with van der Waals surface area (Å²) < 4.78 is 30.9. The Kier molecular flexibility index (Phi) is 35.8. The smallest absolute Gasteiger partial charge is 0.338 e. The molecule has 428 valence electrons. The number of hydrogen-bond donors (Lipinski definition) is 5. The average molecular weight is 1070 g/mol. The van der Waals surface area contributed by atoms with Crippen LogP contribution >= 0.6 is 0 Å². The van der Waals surface area contributed by atoms with Crippen LogP contribution < -0.4 is 5.32 Å². The molecule has 0 aliphatic carbocycles. The number of allylic oxidation sites excluding steroid dienone is 1. The molecule has 1 aliphatic rings. The zero-order valence-electron chi connectivity index (χ0n) is 46.0. The lowest BCUT2D eigenvalue weighted by molar-refractivity contribution is -0.310. The van der Waals surface area contributed by atoms with Crippen molar-refractivity contribution in [3.63, 3.8) is 0 Å². The van der Waals surface area contributed by atoms with Crippen molar-refractivity contribution >= 4 is 29.8 Å².